The molecule has 1 aliphatic rings. The fourth-order valence-corrected chi connectivity index (χ4v) is 3.96. The van der Waals surface area contributed by atoms with E-state index in [9.17, 15) is 22.8 Å². The average molecular weight is 428 g/mol. The van der Waals surface area contributed by atoms with Gasteiger partial charge in [-0.3, -0.25) is 4.79 Å². The minimum Gasteiger partial charge on any atom is -0.484 e. The van der Waals surface area contributed by atoms with E-state index < -0.39 is 17.7 Å². The molecule has 1 aromatic heterocycles. The third-order valence-electron chi connectivity index (χ3n) is 4.41. The summed E-state index contributed by atoms with van der Waals surface area (Å²) in [7, 11) is 0. The van der Waals surface area contributed by atoms with Crippen LogP contribution in [0.2, 0.25) is 0 Å². The number of hydrogen-bond acceptors (Lipinski definition) is 6. The summed E-state index contributed by atoms with van der Waals surface area (Å²) in [6.45, 7) is 2.19. The maximum Gasteiger partial charge on any atom is 0.416 e. The lowest BCUT2D eigenvalue weighted by Crippen LogP contribution is -2.34. The molecule has 156 valence electrons. The summed E-state index contributed by atoms with van der Waals surface area (Å²) in [6, 6.07) is 3.93. The molecule has 2 aromatic rings. The topological polar surface area (TPSA) is 68.7 Å². The van der Waals surface area contributed by atoms with Gasteiger partial charge in [0.25, 0.3) is 5.91 Å². The number of esters is 1. The van der Waals surface area contributed by atoms with Gasteiger partial charge < -0.3 is 14.4 Å². The Bertz CT molecular complexity index is 867. The van der Waals surface area contributed by atoms with Crippen molar-refractivity contribution in [1.29, 1.82) is 0 Å². The second-order valence-corrected chi connectivity index (χ2v) is 7.24. The van der Waals surface area contributed by atoms with E-state index in [1.807, 2.05) is 0 Å². The van der Waals surface area contributed by atoms with E-state index in [4.69, 9.17) is 9.47 Å². The first-order valence-corrected chi connectivity index (χ1v) is 9.89. The summed E-state index contributed by atoms with van der Waals surface area (Å²) in [5, 5.41) is 2.25. The Balaban J connectivity index is 1.61. The zero-order chi connectivity index (χ0) is 21.0. The lowest BCUT2D eigenvalue weighted by molar-refractivity contribution is -0.138. The molecule has 1 atom stereocenters. The number of rotatable bonds is 6. The van der Waals surface area contributed by atoms with Crippen molar-refractivity contribution in [3.8, 4) is 5.75 Å². The van der Waals surface area contributed by atoms with E-state index in [2.05, 4.69) is 4.98 Å². The number of hydrogen-bond donors (Lipinski definition) is 0. The third kappa shape index (κ3) is 5.06. The number of carbonyl (C=O) groups is 2. The molecule has 3 rings (SSSR count). The van der Waals surface area contributed by atoms with Crippen LogP contribution in [0.3, 0.4) is 0 Å². The molecule has 1 aromatic carbocycles. The van der Waals surface area contributed by atoms with E-state index in [0.717, 1.165) is 18.6 Å². The highest BCUT2D eigenvalue weighted by Gasteiger charge is 2.33. The van der Waals surface area contributed by atoms with Crippen LogP contribution in [0, 0.1) is 0 Å². The number of thiazole rings is 1. The van der Waals surface area contributed by atoms with E-state index >= 15 is 0 Å². The highest BCUT2D eigenvalue weighted by molar-refractivity contribution is 7.09. The number of carbonyl (C=O) groups excluding carboxylic acids is 2. The van der Waals surface area contributed by atoms with Crippen molar-refractivity contribution < 1.29 is 32.2 Å². The summed E-state index contributed by atoms with van der Waals surface area (Å²) < 4.78 is 48.1. The Morgan fingerprint density at radius 2 is 2.00 bits per heavy atom. The molecule has 1 amide bonds. The van der Waals surface area contributed by atoms with Crippen molar-refractivity contribution in [2.45, 2.75) is 32.0 Å². The number of likely N-dealkylation sites (tertiary alicyclic amines) is 1. The summed E-state index contributed by atoms with van der Waals surface area (Å²) >= 11 is 1.29. The van der Waals surface area contributed by atoms with Gasteiger partial charge in [-0.1, -0.05) is 0 Å². The Kier molecular flexibility index (Phi) is 6.41. The Hall–Kier alpha value is -2.62. The van der Waals surface area contributed by atoms with Crippen LogP contribution >= 0.6 is 11.3 Å². The number of halogens is 3. The van der Waals surface area contributed by atoms with E-state index in [-0.39, 0.29) is 36.6 Å². The number of aromatic nitrogens is 1. The fraction of sp³-hybridized carbons (Fsp3) is 0.421. The van der Waals surface area contributed by atoms with Crippen LogP contribution in [0.25, 0.3) is 0 Å². The molecule has 29 heavy (non-hydrogen) atoms. The van der Waals surface area contributed by atoms with Crippen molar-refractivity contribution in [3.63, 3.8) is 0 Å². The van der Waals surface area contributed by atoms with Gasteiger partial charge in [-0.2, -0.15) is 13.2 Å². The maximum atomic E-state index is 12.6. The monoisotopic (exact) mass is 428 g/mol. The zero-order valence-corrected chi connectivity index (χ0v) is 16.4. The predicted molar refractivity (Wildman–Crippen MR) is 98.7 cm³/mol. The number of amides is 1. The zero-order valence-electron chi connectivity index (χ0n) is 15.6. The fourth-order valence-electron chi connectivity index (χ4n) is 3.03. The molecule has 1 aliphatic heterocycles. The highest BCUT2D eigenvalue weighted by Crippen LogP contribution is 2.34. The van der Waals surface area contributed by atoms with Gasteiger partial charge in [0.15, 0.2) is 12.3 Å². The molecule has 6 nitrogen and oxygen atoms in total. The molecule has 0 N–H and O–H groups in total. The lowest BCUT2D eigenvalue weighted by Gasteiger charge is -2.23. The first kappa shape index (κ1) is 21.1. The van der Waals surface area contributed by atoms with Gasteiger partial charge in [-0.05, 0) is 44.0 Å². The first-order chi connectivity index (χ1) is 13.8. The van der Waals surface area contributed by atoms with Crippen LogP contribution in [-0.4, -0.2) is 41.5 Å². The van der Waals surface area contributed by atoms with Crippen molar-refractivity contribution >= 4 is 23.2 Å². The number of benzene rings is 1. The van der Waals surface area contributed by atoms with Crippen molar-refractivity contribution in [1.82, 2.24) is 9.88 Å². The molecule has 10 heteroatoms. The maximum absolute atomic E-state index is 12.6. The van der Waals surface area contributed by atoms with Gasteiger partial charge in [0.2, 0.25) is 0 Å². The number of nitrogens with zero attached hydrogens (tertiary/aromatic N) is 2. The van der Waals surface area contributed by atoms with Crippen molar-refractivity contribution in [3.05, 3.63) is 45.9 Å². The van der Waals surface area contributed by atoms with Gasteiger partial charge >= 0.3 is 12.1 Å². The van der Waals surface area contributed by atoms with Gasteiger partial charge in [0, 0.05) is 11.9 Å². The van der Waals surface area contributed by atoms with Crippen LogP contribution in [-0.2, 0) is 15.7 Å². The first-order valence-electron chi connectivity index (χ1n) is 9.01. The van der Waals surface area contributed by atoms with Crippen LogP contribution in [0.1, 0.15) is 46.9 Å². The normalized spacial score (nSPS) is 16.7. The molecular formula is C19H19F3N2O4S. The van der Waals surface area contributed by atoms with E-state index in [0.29, 0.717) is 18.0 Å². The lowest BCUT2D eigenvalue weighted by atomic mass is 10.2. The Morgan fingerprint density at radius 3 is 2.66 bits per heavy atom. The quantitative estimate of drug-likeness (QED) is 0.649. The second-order valence-electron chi connectivity index (χ2n) is 6.35. The van der Waals surface area contributed by atoms with Crippen molar-refractivity contribution in [2.75, 3.05) is 19.8 Å². The average Bonchev–Trinajstić information content (AvgIpc) is 3.35. The molecule has 0 saturated carbocycles. The number of ether oxygens (including phenoxy) is 2. The Morgan fingerprint density at radius 1 is 1.28 bits per heavy atom. The van der Waals surface area contributed by atoms with E-state index in [1.165, 1.54) is 23.5 Å². The smallest absolute Gasteiger partial charge is 0.416 e. The van der Waals surface area contributed by atoms with Gasteiger partial charge in [-0.15, -0.1) is 11.3 Å². The molecule has 0 unspecified atom stereocenters. The molecule has 0 bridgehead atoms. The highest BCUT2D eigenvalue weighted by atomic mass is 32.1. The summed E-state index contributed by atoms with van der Waals surface area (Å²) in [6.07, 6.45) is -2.93. The number of alkyl halides is 3. The molecular weight excluding hydrogens is 409 g/mol. The summed E-state index contributed by atoms with van der Waals surface area (Å²) in [5.41, 5.74) is -0.566. The minimum atomic E-state index is -4.42. The molecule has 1 saturated heterocycles. The third-order valence-corrected chi connectivity index (χ3v) is 5.35. The van der Waals surface area contributed by atoms with Crippen LogP contribution in [0.15, 0.2) is 29.6 Å². The standard InChI is InChI=1S/C19H19F3N2O4S/c1-2-27-18(26)14-11-29-17(23-14)15-4-3-9-24(15)16(25)10-28-13-7-5-12(6-8-13)19(20,21)22/h5-8,11,15H,2-4,9-10H2,1H3/t15-/m0/s1. The minimum absolute atomic E-state index is 0.181. The SMILES string of the molecule is CCOC(=O)c1csc([C@@H]2CCCN2C(=O)COc2ccc(C(F)(F)F)cc2)n1. The van der Waals surface area contributed by atoms with Crippen LogP contribution in [0.5, 0.6) is 5.75 Å². The van der Waals surface area contributed by atoms with Gasteiger partial charge in [-0.25, -0.2) is 9.78 Å². The van der Waals surface area contributed by atoms with Crippen LogP contribution < -0.4 is 4.74 Å². The van der Waals surface area contributed by atoms with Crippen LogP contribution in [0.4, 0.5) is 13.2 Å². The molecule has 2 heterocycles. The molecule has 0 spiro atoms. The Labute approximate surface area is 169 Å². The summed E-state index contributed by atoms with van der Waals surface area (Å²) in [4.78, 5) is 30.3. The predicted octanol–water partition coefficient (Wildman–Crippen LogP) is 4.08. The molecule has 1 fully saturated rings. The molecule has 0 aliphatic carbocycles. The van der Waals surface area contributed by atoms with E-state index in [1.54, 1.807) is 17.2 Å². The molecule has 0 radical (unpaired) electrons. The summed E-state index contributed by atoms with van der Waals surface area (Å²) in [5.74, 6) is -0.613. The van der Waals surface area contributed by atoms with Crippen molar-refractivity contribution in [2.24, 2.45) is 0 Å². The van der Waals surface area contributed by atoms with Gasteiger partial charge in [0.05, 0.1) is 18.2 Å². The van der Waals surface area contributed by atoms with Gasteiger partial charge in [0.1, 0.15) is 10.8 Å². The largest absolute Gasteiger partial charge is 0.484 e. The second kappa shape index (κ2) is 8.81.